The molecule has 0 aliphatic heterocycles. The molecule has 1 aromatic rings. The molecule has 1 rings (SSSR count). The van der Waals surface area contributed by atoms with E-state index >= 15 is 0 Å². The van der Waals surface area contributed by atoms with Gasteiger partial charge in [-0.1, -0.05) is 32.0 Å². The first-order valence-corrected chi connectivity index (χ1v) is 6.40. The molecule has 0 spiro atoms. The van der Waals surface area contributed by atoms with Crippen LogP contribution in [0.3, 0.4) is 0 Å². The summed E-state index contributed by atoms with van der Waals surface area (Å²) in [6, 6.07) is 6.04. The van der Waals surface area contributed by atoms with Crippen molar-refractivity contribution < 1.29 is 4.79 Å². The molecule has 1 amide bonds. The number of carbonyl (C=O) groups excluding carboxylic acids is 1. The van der Waals surface area contributed by atoms with Crippen LogP contribution in [0.2, 0.25) is 0 Å². The summed E-state index contributed by atoms with van der Waals surface area (Å²) in [5.74, 6) is 0.127. The minimum Gasteiger partial charge on any atom is -0.368 e. The molecule has 0 heterocycles. The van der Waals surface area contributed by atoms with Gasteiger partial charge < -0.3 is 5.73 Å². The van der Waals surface area contributed by atoms with Crippen molar-refractivity contribution in [1.82, 2.24) is 5.32 Å². The second-order valence-electron chi connectivity index (χ2n) is 5.56. The number of hydrogen-bond donors (Lipinski definition) is 2. The molecule has 100 valence electrons. The fraction of sp³-hybridized carbons (Fsp3) is 0.533. The van der Waals surface area contributed by atoms with E-state index in [0.29, 0.717) is 5.92 Å². The first kappa shape index (κ1) is 14.7. The molecular formula is C15H24N2O. The Balaban J connectivity index is 3.10. The van der Waals surface area contributed by atoms with Crippen molar-refractivity contribution in [2.24, 2.45) is 11.7 Å². The maximum absolute atomic E-state index is 11.8. The van der Waals surface area contributed by atoms with Crippen LogP contribution < -0.4 is 11.1 Å². The summed E-state index contributed by atoms with van der Waals surface area (Å²) in [5, 5.41) is 3.28. The quantitative estimate of drug-likeness (QED) is 0.839. The van der Waals surface area contributed by atoms with Crippen LogP contribution in [0.5, 0.6) is 0 Å². The predicted molar refractivity (Wildman–Crippen MR) is 75.3 cm³/mol. The van der Waals surface area contributed by atoms with E-state index in [1.165, 1.54) is 11.1 Å². The second kappa shape index (κ2) is 5.53. The molecule has 0 aliphatic carbocycles. The van der Waals surface area contributed by atoms with E-state index in [2.05, 4.69) is 26.1 Å². The average molecular weight is 248 g/mol. The maximum atomic E-state index is 11.8. The lowest BCUT2D eigenvalue weighted by Crippen LogP contribution is -2.51. The summed E-state index contributed by atoms with van der Waals surface area (Å²) in [5.41, 5.74) is 8.09. The molecule has 1 aromatic carbocycles. The summed E-state index contributed by atoms with van der Waals surface area (Å²) < 4.78 is 0. The fourth-order valence-corrected chi connectivity index (χ4v) is 1.79. The van der Waals surface area contributed by atoms with E-state index in [9.17, 15) is 4.79 Å². The standard InChI is InChI=1S/C15H24N2O/c1-10(2)9-17-15(5,14(16)18)13-7-6-11(3)12(4)8-13/h6-8,10,17H,9H2,1-5H3,(H2,16,18). The van der Waals surface area contributed by atoms with Gasteiger partial charge in [-0.15, -0.1) is 0 Å². The molecule has 0 aliphatic rings. The first-order chi connectivity index (χ1) is 8.27. The Morgan fingerprint density at radius 2 is 1.94 bits per heavy atom. The van der Waals surface area contributed by atoms with E-state index in [0.717, 1.165) is 12.1 Å². The van der Waals surface area contributed by atoms with Crippen LogP contribution >= 0.6 is 0 Å². The number of primary amides is 1. The third-order valence-electron chi connectivity index (χ3n) is 3.44. The lowest BCUT2D eigenvalue weighted by Gasteiger charge is -2.29. The molecule has 0 saturated heterocycles. The van der Waals surface area contributed by atoms with Crippen molar-refractivity contribution in [2.45, 2.75) is 40.2 Å². The van der Waals surface area contributed by atoms with E-state index in [1.54, 1.807) is 0 Å². The van der Waals surface area contributed by atoms with E-state index in [-0.39, 0.29) is 5.91 Å². The fourth-order valence-electron chi connectivity index (χ4n) is 1.79. The molecule has 1 unspecified atom stereocenters. The Morgan fingerprint density at radius 3 is 2.39 bits per heavy atom. The summed E-state index contributed by atoms with van der Waals surface area (Å²) in [4.78, 5) is 11.8. The summed E-state index contributed by atoms with van der Waals surface area (Å²) >= 11 is 0. The van der Waals surface area contributed by atoms with Gasteiger partial charge in [0, 0.05) is 0 Å². The average Bonchev–Trinajstić information content (AvgIpc) is 2.29. The number of amides is 1. The summed E-state index contributed by atoms with van der Waals surface area (Å²) in [7, 11) is 0. The second-order valence-corrected chi connectivity index (χ2v) is 5.56. The SMILES string of the molecule is Cc1ccc(C(C)(NCC(C)C)C(N)=O)cc1C. The topological polar surface area (TPSA) is 55.1 Å². The Labute approximate surface area is 110 Å². The molecule has 18 heavy (non-hydrogen) atoms. The van der Waals surface area contributed by atoms with Crippen molar-refractivity contribution in [2.75, 3.05) is 6.54 Å². The zero-order valence-electron chi connectivity index (χ0n) is 12.0. The van der Waals surface area contributed by atoms with E-state index in [1.807, 2.05) is 32.0 Å². The highest BCUT2D eigenvalue weighted by Crippen LogP contribution is 2.23. The van der Waals surface area contributed by atoms with Crippen molar-refractivity contribution in [3.05, 3.63) is 34.9 Å². The highest BCUT2D eigenvalue weighted by Gasteiger charge is 2.32. The highest BCUT2D eigenvalue weighted by atomic mass is 16.1. The molecule has 3 nitrogen and oxygen atoms in total. The molecule has 0 radical (unpaired) electrons. The van der Waals surface area contributed by atoms with E-state index in [4.69, 9.17) is 5.73 Å². The van der Waals surface area contributed by atoms with Gasteiger partial charge in [0.25, 0.3) is 0 Å². The number of nitrogens with one attached hydrogen (secondary N) is 1. The first-order valence-electron chi connectivity index (χ1n) is 6.40. The molecular weight excluding hydrogens is 224 g/mol. The van der Waals surface area contributed by atoms with Crippen LogP contribution in [0.15, 0.2) is 18.2 Å². The van der Waals surface area contributed by atoms with Crippen molar-refractivity contribution in [1.29, 1.82) is 0 Å². The highest BCUT2D eigenvalue weighted by molar-refractivity contribution is 5.85. The monoisotopic (exact) mass is 248 g/mol. The van der Waals surface area contributed by atoms with Crippen molar-refractivity contribution in [3.8, 4) is 0 Å². The number of benzene rings is 1. The normalized spacial score (nSPS) is 14.6. The summed E-state index contributed by atoms with van der Waals surface area (Å²) in [6.45, 7) is 10.9. The zero-order valence-corrected chi connectivity index (χ0v) is 12.0. The van der Waals surface area contributed by atoms with Gasteiger partial charge in [0.05, 0.1) is 0 Å². The number of hydrogen-bond acceptors (Lipinski definition) is 2. The van der Waals surface area contributed by atoms with Gasteiger partial charge in [-0.25, -0.2) is 0 Å². The van der Waals surface area contributed by atoms with E-state index < -0.39 is 5.54 Å². The molecule has 0 bridgehead atoms. The molecule has 0 saturated carbocycles. The van der Waals surface area contributed by atoms with Gasteiger partial charge in [-0.05, 0) is 49.9 Å². The minimum atomic E-state index is -0.803. The van der Waals surface area contributed by atoms with Crippen molar-refractivity contribution >= 4 is 5.91 Å². The third-order valence-corrected chi connectivity index (χ3v) is 3.44. The Kier molecular flexibility index (Phi) is 4.52. The van der Waals surface area contributed by atoms with Gasteiger partial charge in [-0.2, -0.15) is 0 Å². The van der Waals surface area contributed by atoms with Crippen LogP contribution in [0, 0.1) is 19.8 Å². The van der Waals surface area contributed by atoms with Gasteiger partial charge >= 0.3 is 0 Å². The number of aryl methyl sites for hydroxylation is 2. The predicted octanol–water partition coefficient (Wildman–Crippen LogP) is 2.25. The van der Waals surface area contributed by atoms with Crippen LogP contribution in [0.4, 0.5) is 0 Å². The third kappa shape index (κ3) is 3.10. The van der Waals surface area contributed by atoms with Gasteiger partial charge in [0.15, 0.2) is 0 Å². The largest absolute Gasteiger partial charge is 0.368 e. The smallest absolute Gasteiger partial charge is 0.242 e. The van der Waals surface area contributed by atoms with Crippen LogP contribution in [-0.2, 0) is 10.3 Å². The Bertz CT molecular complexity index is 440. The maximum Gasteiger partial charge on any atom is 0.242 e. The molecule has 0 aromatic heterocycles. The molecule has 1 atom stereocenters. The van der Waals surface area contributed by atoms with Crippen LogP contribution in [-0.4, -0.2) is 12.5 Å². The van der Waals surface area contributed by atoms with Gasteiger partial charge in [0.2, 0.25) is 5.91 Å². The van der Waals surface area contributed by atoms with Crippen LogP contribution in [0.25, 0.3) is 0 Å². The molecule has 3 heteroatoms. The lowest BCUT2D eigenvalue weighted by molar-refractivity contribution is -0.124. The molecule has 3 N–H and O–H groups in total. The lowest BCUT2D eigenvalue weighted by atomic mass is 9.88. The summed E-state index contributed by atoms with van der Waals surface area (Å²) in [6.07, 6.45) is 0. The van der Waals surface area contributed by atoms with Gasteiger partial charge in [0.1, 0.15) is 5.54 Å². The molecule has 0 fully saturated rings. The Morgan fingerprint density at radius 1 is 1.33 bits per heavy atom. The Hall–Kier alpha value is -1.35. The zero-order chi connectivity index (χ0) is 13.9. The van der Waals surface area contributed by atoms with Crippen molar-refractivity contribution in [3.63, 3.8) is 0 Å². The number of nitrogens with two attached hydrogens (primary N) is 1. The number of rotatable bonds is 5. The minimum absolute atomic E-state index is 0.341. The van der Waals surface area contributed by atoms with Crippen LogP contribution in [0.1, 0.15) is 37.5 Å². The number of carbonyl (C=O) groups is 1. The van der Waals surface area contributed by atoms with Gasteiger partial charge in [-0.3, -0.25) is 10.1 Å².